The second kappa shape index (κ2) is 8.75. The van der Waals surface area contributed by atoms with Crippen LogP contribution in [-0.2, 0) is 14.3 Å². The Morgan fingerprint density at radius 1 is 0.880 bits per heavy atom. The third-order valence-corrected chi connectivity index (χ3v) is 3.44. The molecule has 0 aliphatic heterocycles. The van der Waals surface area contributed by atoms with E-state index in [1.807, 2.05) is 0 Å². The Morgan fingerprint density at radius 2 is 1.32 bits per heavy atom. The average Bonchev–Trinajstić information content (AvgIpc) is 2.65. The van der Waals surface area contributed by atoms with Crippen LogP contribution in [0.5, 0.6) is 0 Å². The number of hydrogen-bond donors (Lipinski definition) is 1. The minimum atomic E-state index is -1.43. The molecule has 0 aliphatic carbocycles. The van der Waals surface area contributed by atoms with Crippen LogP contribution < -0.4 is 0 Å². The van der Waals surface area contributed by atoms with Crippen molar-refractivity contribution in [1.82, 2.24) is 0 Å². The number of carbonyl (C=O) groups excluding carboxylic acids is 3. The van der Waals surface area contributed by atoms with E-state index < -0.39 is 30.3 Å². The van der Waals surface area contributed by atoms with Crippen LogP contribution in [0.3, 0.4) is 0 Å². The minimum Gasteiger partial charge on any atom is -0.452 e. The fraction of sp³-hybridized carbons (Fsp3) is 0.211. The number of aldehydes is 1. The molecule has 1 N–H and O–H groups in total. The van der Waals surface area contributed by atoms with Gasteiger partial charge >= 0.3 is 11.9 Å². The van der Waals surface area contributed by atoms with Gasteiger partial charge in [-0.05, 0) is 31.2 Å². The van der Waals surface area contributed by atoms with Crippen molar-refractivity contribution in [2.24, 2.45) is 0 Å². The number of aliphatic hydroxyl groups excluding tert-OH is 1. The second-order valence-corrected chi connectivity index (χ2v) is 5.35. The summed E-state index contributed by atoms with van der Waals surface area (Å²) in [6.07, 6.45) is -3.64. The first-order valence-electron chi connectivity index (χ1n) is 7.68. The van der Waals surface area contributed by atoms with Crippen molar-refractivity contribution in [1.29, 1.82) is 0 Å². The molecule has 0 saturated heterocycles. The maximum Gasteiger partial charge on any atom is 0.338 e. The van der Waals surface area contributed by atoms with Gasteiger partial charge in [-0.25, -0.2) is 9.59 Å². The highest BCUT2D eigenvalue weighted by Gasteiger charge is 2.33. The van der Waals surface area contributed by atoms with Gasteiger partial charge in [-0.3, -0.25) is 4.79 Å². The zero-order valence-corrected chi connectivity index (χ0v) is 13.6. The van der Waals surface area contributed by atoms with Crippen LogP contribution >= 0.6 is 0 Å². The highest BCUT2D eigenvalue weighted by Crippen LogP contribution is 2.14. The highest BCUT2D eigenvalue weighted by atomic mass is 16.6. The molecule has 0 unspecified atom stereocenters. The molecule has 2 rings (SSSR count). The standard InChI is InChI=1S/C19H18O6/c1-13(21)17(25-19(23)15-10-6-3-7-11-15)16(12-20)24-18(22)14-8-4-2-5-9-14/h2-13,16-17,21H,1H3/t13-,16+,17-/m1/s1. The van der Waals surface area contributed by atoms with E-state index >= 15 is 0 Å². The Kier molecular flexibility index (Phi) is 6.42. The second-order valence-electron chi connectivity index (χ2n) is 5.35. The molecule has 0 aromatic heterocycles. The van der Waals surface area contributed by atoms with E-state index in [2.05, 4.69) is 0 Å². The van der Waals surface area contributed by atoms with E-state index in [4.69, 9.17) is 9.47 Å². The molecular formula is C19H18O6. The lowest BCUT2D eigenvalue weighted by molar-refractivity contribution is -0.127. The third kappa shape index (κ3) is 4.99. The summed E-state index contributed by atoms with van der Waals surface area (Å²) in [4.78, 5) is 35.6. The molecule has 0 amide bonds. The molecule has 0 saturated carbocycles. The van der Waals surface area contributed by atoms with E-state index in [0.29, 0.717) is 6.29 Å². The van der Waals surface area contributed by atoms with Gasteiger partial charge in [-0.2, -0.15) is 0 Å². The van der Waals surface area contributed by atoms with Crippen molar-refractivity contribution >= 4 is 18.2 Å². The normalized spacial score (nSPS) is 14.0. The monoisotopic (exact) mass is 342 g/mol. The molecule has 0 spiro atoms. The first-order chi connectivity index (χ1) is 12.0. The largest absolute Gasteiger partial charge is 0.452 e. The van der Waals surface area contributed by atoms with Crippen molar-refractivity contribution in [3.8, 4) is 0 Å². The maximum atomic E-state index is 12.1. The van der Waals surface area contributed by atoms with Crippen LogP contribution in [0.2, 0.25) is 0 Å². The van der Waals surface area contributed by atoms with Crippen LogP contribution in [-0.4, -0.2) is 41.6 Å². The Balaban J connectivity index is 2.12. The Morgan fingerprint density at radius 3 is 1.72 bits per heavy atom. The van der Waals surface area contributed by atoms with Crippen LogP contribution in [0.1, 0.15) is 27.6 Å². The third-order valence-electron chi connectivity index (χ3n) is 3.44. The quantitative estimate of drug-likeness (QED) is 0.611. The molecule has 0 bridgehead atoms. The summed E-state index contributed by atoms with van der Waals surface area (Å²) in [5.74, 6) is -1.48. The lowest BCUT2D eigenvalue weighted by Crippen LogP contribution is -2.43. The van der Waals surface area contributed by atoms with Gasteiger partial charge in [0.15, 0.2) is 18.5 Å². The zero-order chi connectivity index (χ0) is 18.2. The van der Waals surface area contributed by atoms with Crippen molar-refractivity contribution < 1.29 is 29.0 Å². The molecule has 3 atom stereocenters. The SMILES string of the molecule is C[C@@H](O)[C@@H](OC(=O)c1ccccc1)[C@H](C=O)OC(=O)c1ccccc1. The van der Waals surface area contributed by atoms with E-state index in [-0.39, 0.29) is 11.1 Å². The Hall–Kier alpha value is -2.99. The molecule has 25 heavy (non-hydrogen) atoms. The van der Waals surface area contributed by atoms with Gasteiger partial charge < -0.3 is 14.6 Å². The average molecular weight is 342 g/mol. The highest BCUT2D eigenvalue weighted by molar-refractivity contribution is 5.91. The van der Waals surface area contributed by atoms with Gasteiger partial charge in [0.2, 0.25) is 0 Å². The molecule has 0 fully saturated rings. The first-order valence-corrected chi connectivity index (χ1v) is 7.68. The topological polar surface area (TPSA) is 89.9 Å². The van der Waals surface area contributed by atoms with E-state index in [9.17, 15) is 19.5 Å². The van der Waals surface area contributed by atoms with Crippen molar-refractivity contribution in [3.63, 3.8) is 0 Å². The lowest BCUT2D eigenvalue weighted by Gasteiger charge is -2.25. The summed E-state index contributed by atoms with van der Waals surface area (Å²) in [7, 11) is 0. The molecule has 0 radical (unpaired) electrons. The Labute approximate surface area is 145 Å². The van der Waals surface area contributed by atoms with E-state index in [1.54, 1.807) is 36.4 Å². The van der Waals surface area contributed by atoms with E-state index in [1.165, 1.54) is 31.2 Å². The summed E-state index contributed by atoms with van der Waals surface area (Å²) in [6.45, 7) is 1.34. The molecule has 0 heterocycles. The summed E-state index contributed by atoms with van der Waals surface area (Å²) in [6, 6.07) is 16.2. The predicted molar refractivity (Wildman–Crippen MR) is 89.0 cm³/mol. The number of hydrogen-bond acceptors (Lipinski definition) is 6. The van der Waals surface area contributed by atoms with Gasteiger partial charge in [0.25, 0.3) is 0 Å². The molecule has 6 nitrogen and oxygen atoms in total. The molecular weight excluding hydrogens is 324 g/mol. The van der Waals surface area contributed by atoms with Crippen LogP contribution in [0.25, 0.3) is 0 Å². The smallest absolute Gasteiger partial charge is 0.338 e. The molecule has 130 valence electrons. The minimum absolute atomic E-state index is 0.244. The molecule has 2 aromatic rings. The molecule has 6 heteroatoms. The Bertz CT molecular complexity index is 711. The van der Waals surface area contributed by atoms with E-state index in [0.717, 1.165) is 0 Å². The fourth-order valence-electron chi connectivity index (χ4n) is 2.14. The van der Waals surface area contributed by atoms with Crippen LogP contribution in [0, 0.1) is 0 Å². The number of rotatable bonds is 7. The number of benzene rings is 2. The first kappa shape index (κ1) is 18.4. The zero-order valence-electron chi connectivity index (χ0n) is 13.6. The van der Waals surface area contributed by atoms with Gasteiger partial charge in [0, 0.05) is 0 Å². The summed E-state index contributed by atoms with van der Waals surface area (Å²) >= 11 is 0. The number of aliphatic hydroxyl groups is 1. The van der Waals surface area contributed by atoms with Gasteiger partial charge in [0.05, 0.1) is 17.2 Å². The van der Waals surface area contributed by atoms with Gasteiger partial charge in [0.1, 0.15) is 0 Å². The maximum absolute atomic E-state index is 12.1. The summed E-state index contributed by atoms with van der Waals surface area (Å²) in [5.41, 5.74) is 0.500. The molecule has 2 aromatic carbocycles. The summed E-state index contributed by atoms with van der Waals surface area (Å²) in [5, 5.41) is 9.87. The van der Waals surface area contributed by atoms with Crippen molar-refractivity contribution in [3.05, 3.63) is 71.8 Å². The number of esters is 2. The predicted octanol–water partition coefficient (Wildman–Crippen LogP) is 2.02. The van der Waals surface area contributed by atoms with Gasteiger partial charge in [-0.15, -0.1) is 0 Å². The van der Waals surface area contributed by atoms with Crippen LogP contribution in [0.4, 0.5) is 0 Å². The number of ether oxygens (including phenoxy) is 2. The van der Waals surface area contributed by atoms with Crippen LogP contribution in [0.15, 0.2) is 60.7 Å². The summed E-state index contributed by atoms with van der Waals surface area (Å²) < 4.78 is 10.3. The lowest BCUT2D eigenvalue weighted by atomic mass is 10.1. The molecule has 0 aliphatic rings. The number of carbonyl (C=O) groups is 3. The fourth-order valence-corrected chi connectivity index (χ4v) is 2.14. The van der Waals surface area contributed by atoms with Gasteiger partial charge in [-0.1, -0.05) is 36.4 Å². The van der Waals surface area contributed by atoms with Crippen molar-refractivity contribution in [2.75, 3.05) is 0 Å². The van der Waals surface area contributed by atoms with Crippen molar-refractivity contribution in [2.45, 2.75) is 25.2 Å².